The molecule has 1 aliphatic heterocycles. The highest BCUT2D eigenvalue weighted by atomic mass is 79.9. The predicted molar refractivity (Wildman–Crippen MR) is 90.2 cm³/mol. The summed E-state index contributed by atoms with van der Waals surface area (Å²) in [6, 6.07) is 2.13. The molecule has 24 heavy (non-hydrogen) atoms. The molecule has 0 spiro atoms. The van der Waals surface area contributed by atoms with E-state index in [1.54, 1.807) is 0 Å². The van der Waals surface area contributed by atoms with Crippen LogP contribution in [0.25, 0.3) is 11.0 Å². The minimum atomic E-state index is -0.586. The van der Waals surface area contributed by atoms with E-state index in [1.807, 2.05) is 26.1 Å². The van der Waals surface area contributed by atoms with Crippen LogP contribution in [0.4, 0.5) is 5.82 Å². The van der Waals surface area contributed by atoms with Gasteiger partial charge in [-0.3, -0.25) is 0 Å². The number of nitrogens with zero attached hydrogens (tertiary/aromatic N) is 3. The van der Waals surface area contributed by atoms with Gasteiger partial charge in [-0.1, -0.05) is 0 Å². The lowest BCUT2D eigenvalue weighted by molar-refractivity contribution is -0.162. The van der Waals surface area contributed by atoms with Crippen molar-refractivity contribution in [3.8, 4) is 0 Å². The van der Waals surface area contributed by atoms with Crippen molar-refractivity contribution in [3.05, 3.63) is 18.6 Å². The number of rotatable bonds is 3. The summed E-state index contributed by atoms with van der Waals surface area (Å²) in [5, 5.41) is 0.877. The first-order valence-corrected chi connectivity index (χ1v) is 8.78. The van der Waals surface area contributed by atoms with Crippen LogP contribution < -0.4 is 5.73 Å². The number of aromatic nitrogens is 3. The van der Waals surface area contributed by atoms with Gasteiger partial charge in [-0.15, -0.1) is 0 Å². The first kappa shape index (κ1) is 15.1. The Hall–Kier alpha value is -1.22. The molecule has 0 bridgehead atoms. The highest BCUT2D eigenvalue weighted by Crippen LogP contribution is 2.71. The second kappa shape index (κ2) is 4.69. The van der Waals surface area contributed by atoms with Crippen LogP contribution in [0.15, 0.2) is 18.6 Å². The molecule has 3 fully saturated rings. The van der Waals surface area contributed by atoms with Gasteiger partial charge in [0.15, 0.2) is 5.79 Å². The largest absolute Gasteiger partial charge is 0.383 e. The molecule has 2 aromatic heterocycles. The minimum Gasteiger partial charge on any atom is -0.383 e. The zero-order valence-corrected chi connectivity index (χ0v) is 15.1. The molecule has 2 aliphatic carbocycles. The van der Waals surface area contributed by atoms with E-state index in [0.29, 0.717) is 18.3 Å². The van der Waals surface area contributed by atoms with Crippen molar-refractivity contribution in [2.45, 2.75) is 44.3 Å². The summed E-state index contributed by atoms with van der Waals surface area (Å²) in [5.74, 6) is 0.355. The second-order valence-electron chi connectivity index (χ2n) is 7.53. The lowest BCUT2D eigenvalue weighted by Gasteiger charge is -2.24. The Balaban J connectivity index is 1.62. The van der Waals surface area contributed by atoms with Gasteiger partial charge in [-0.2, -0.15) is 0 Å². The number of hydrogen-bond acceptors (Lipinski definition) is 6. The van der Waals surface area contributed by atoms with Gasteiger partial charge in [0.25, 0.3) is 0 Å². The Morgan fingerprint density at radius 2 is 2.25 bits per heavy atom. The van der Waals surface area contributed by atoms with Gasteiger partial charge in [0.2, 0.25) is 0 Å². The molecule has 2 saturated carbocycles. The quantitative estimate of drug-likeness (QED) is 0.860. The van der Waals surface area contributed by atoms with Gasteiger partial charge < -0.3 is 23.6 Å². The summed E-state index contributed by atoms with van der Waals surface area (Å²) in [6.45, 7) is 4.55. The van der Waals surface area contributed by atoms with E-state index in [1.165, 1.54) is 6.33 Å². The maximum Gasteiger partial charge on any atom is 0.163 e. The summed E-state index contributed by atoms with van der Waals surface area (Å²) in [4.78, 5) is 8.53. The molecule has 2 N–H and O–H groups in total. The summed E-state index contributed by atoms with van der Waals surface area (Å²) in [5.41, 5.74) is 6.84. The van der Waals surface area contributed by atoms with E-state index < -0.39 is 5.79 Å². The molecule has 128 valence electrons. The summed E-state index contributed by atoms with van der Waals surface area (Å²) < 4.78 is 20.0. The first-order chi connectivity index (χ1) is 11.5. The number of anilines is 1. The predicted octanol–water partition coefficient (Wildman–Crippen LogP) is 2.42. The average molecular weight is 395 g/mol. The van der Waals surface area contributed by atoms with E-state index in [0.717, 1.165) is 17.5 Å². The van der Waals surface area contributed by atoms with Crippen molar-refractivity contribution in [2.75, 3.05) is 12.3 Å². The summed E-state index contributed by atoms with van der Waals surface area (Å²) in [7, 11) is 0. The molecular formula is C16H19BrN4O3. The molecule has 3 aliphatic rings. The fourth-order valence-electron chi connectivity index (χ4n) is 4.78. The number of fused-ring (bicyclic) bond motifs is 4. The maximum absolute atomic E-state index is 6.27. The van der Waals surface area contributed by atoms with Gasteiger partial charge in [-0.05, 0) is 32.3 Å². The topological polar surface area (TPSA) is 84.4 Å². The zero-order chi connectivity index (χ0) is 16.7. The van der Waals surface area contributed by atoms with Gasteiger partial charge in [0.05, 0.1) is 40.4 Å². The highest BCUT2D eigenvalue weighted by Gasteiger charge is 2.76. The molecule has 1 saturated heterocycles. The zero-order valence-electron chi connectivity index (χ0n) is 13.5. The number of ether oxygens (including phenoxy) is 2. The Morgan fingerprint density at radius 1 is 1.42 bits per heavy atom. The van der Waals surface area contributed by atoms with Crippen LogP contribution >= 0.6 is 16.3 Å². The van der Waals surface area contributed by atoms with Crippen LogP contribution in [0.2, 0.25) is 0 Å². The number of nitrogens with two attached hydrogens (primary N) is 1. The Morgan fingerprint density at radius 3 is 3.04 bits per heavy atom. The standard InChI is InChI=1S/C16H19BrN4O3/c1-15(2)23-11-10(9-5-16(9,6-22-17)12(11)24-15)21-4-3-8-13(18)19-7-20-14(8)21/h3-4,7,9-12H,5-6H2,1-2H3,(H2,18,19,20)/t9-,10-,11+,12+,16+/m1/s1. The van der Waals surface area contributed by atoms with Crippen LogP contribution in [0.5, 0.6) is 0 Å². The molecule has 7 nitrogen and oxygen atoms in total. The maximum atomic E-state index is 6.27. The SMILES string of the molecule is CC1(C)O[C@H]2[C@H](n3ccc4c(N)ncnc43)[C@H]3C[C@@]3(COBr)[C@H]2O1. The van der Waals surface area contributed by atoms with E-state index in [9.17, 15) is 0 Å². The number of nitrogen functional groups attached to an aromatic ring is 1. The normalized spacial score (nSPS) is 39.1. The van der Waals surface area contributed by atoms with Crippen molar-refractivity contribution >= 4 is 33.1 Å². The third-order valence-corrected chi connectivity index (χ3v) is 6.04. The third kappa shape index (κ3) is 1.82. The Labute approximate surface area is 147 Å². The summed E-state index contributed by atoms with van der Waals surface area (Å²) in [6.07, 6.45) is 4.61. The van der Waals surface area contributed by atoms with Gasteiger partial charge in [0.1, 0.15) is 23.9 Å². The number of hydrogen-bond donors (Lipinski definition) is 1. The molecule has 0 unspecified atom stereocenters. The number of halogens is 1. The van der Waals surface area contributed by atoms with Gasteiger partial charge in [0, 0.05) is 11.6 Å². The second-order valence-corrected chi connectivity index (χ2v) is 7.99. The van der Waals surface area contributed by atoms with Crippen molar-refractivity contribution in [1.82, 2.24) is 14.5 Å². The van der Waals surface area contributed by atoms with E-state index >= 15 is 0 Å². The van der Waals surface area contributed by atoms with Crippen LogP contribution in [0.3, 0.4) is 0 Å². The van der Waals surface area contributed by atoms with Crippen LogP contribution in [-0.4, -0.2) is 39.1 Å². The third-order valence-electron chi connectivity index (χ3n) is 5.81. The molecular weight excluding hydrogens is 376 g/mol. The van der Waals surface area contributed by atoms with Crippen molar-refractivity contribution in [2.24, 2.45) is 11.3 Å². The fourth-order valence-corrected chi connectivity index (χ4v) is 5.21. The van der Waals surface area contributed by atoms with Crippen molar-refractivity contribution < 1.29 is 13.3 Å². The smallest absolute Gasteiger partial charge is 0.163 e. The Kier molecular flexibility index (Phi) is 2.94. The Bertz CT molecular complexity index is 825. The summed E-state index contributed by atoms with van der Waals surface area (Å²) >= 11 is 3.12. The minimum absolute atomic E-state index is 0.00176. The molecule has 0 radical (unpaired) electrons. The highest BCUT2D eigenvalue weighted by molar-refractivity contribution is 9.06. The van der Waals surface area contributed by atoms with E-state index in [-0.39, 0.29) is 23.7 Å². The lowest BCUT2D eigenvalue weighted by Crippen LogP contribution is -2.33. The van der Waals surface area contributed by atoms with Crippen molar-refractivity contribution in [1.29, 1.82) is 0 Å². The average Bonchev–Trinajstić information content (AvgIpc) is 2.82. The van der Waals surface area contributed by atoms with Crippen molar-refractivity contribution in [3.63, 3.8) is 0 Å². The van der Waals surface area contributed by atoms with Gasteiger partial charge >= 0.3 is 0 Å². The van der Waals surface area contributed by atoms with Crippen LogP contribution in [-0.2, 0) is 13.3 Å². The monoisotopic (exact) mass is 394 g/mol. The molecule has 3 heterocycles. The molecule has 0 aromatic carbocycles. The molecule has 8 heteroatoms. The van der Waals surface area contributed by atoms with E-state index in [4.69, 9.17) is 19.0 Å². The van der Waals surface area contributed by atoms with E-state index in [2.05, 4.69) is 30.8 Å². The van der Waals surface area contributed by atoms with Crippen LogP contribution in [0.1, 0.15) is 26.3 Å². The van der Waals surface area contributed by atoms with Crippen LogP contribution in [0, 0.1) is 11.3 Å². The molecule has 5 atom stereocenters. The molecule has 0 amide bonds. The first-order valence-electron chi connectivity index (χ1n) is 8.13. The molecule has 5 rings (SSSR count). The fraction of sp³-hybridized carbons (Fsp3) is 0.625. The molecule has 2 aromatic rings. The van der Waals surface area contributed by atoms with Gasteiger partial charge in [-0.25, -0.2) is 9.97 Å². The lowest BCUT2D eigenvalue weighted by atomic mass is 10.0.